The molecule has 4 nitrogen and oxygen atoms in total. The molecule has 0 atom stereocenters. The number of ether oxygens (including phenoxy) is 1. The number of hydrogen-bond donors (Lipinski definition) is 1. The standard InChI is InChI=1S/C11H9ClN2O2S2/c1-16-10(15)7-2-4-8(5-3-7)14-18-9-6-13-11(12)17-9/h2-6,14H,1H3. The molecular weight excluding hydrogens is 292 g/mol. The molecule has 7 heteroatoms. The van der Waals surface area contributed by atoms with E-state index in [1.54, 1.807) is 18.3 Å². The van der Waals surface area contributed by atoms with Crippen molar-refractivity contribution in [2.45, 2.75) is 4.21 Å². The molecule has 0 aliphatic carbocycles. The van der Waals surface area contributed by atoms with Gasteiger partial charge in [-0.15, -0.1) is 0 Å². The van der Waals surface area contributed by atoms with E-state index in [9.17, 15) is 4.79 Å². The van der Waals surface area contributed by atoms with E-state index in [1.165, 1.54) is 30.4 Å². The van der Waals surface area contributed by atoms with E-state index in [-0.39, 0.29) is 5.97 Å². The first-order chi connectivity index (χ1) is 8.69. The smallest absolute Gasteiger partial charge is 0.337 e. The van der Waals surface area contributed by atoms with Crippen molar-refractivity contribution in [1.29, 1.82) is 0 Å². The number of hydrogen-bond acceptors (Lipinski definition) is 6. The van der Waals surface area contributed by atoms with Crippen LogP contribution in [0.25, 0.3) is 0 Å². The summed E-state index contributed by atoms with van der Waals surface area (Å²) in [6.45, 7) is 0. The van der Waals surface area contributed by atoms with Crippen molar-refractivity contribution in [3.05, 3.63) is 40.5 Å². The quantitative estimate of drug-likeness (QED) is 0.689. The molecule has 0 fully saturated rings. The van der Waals surface area contributed by atoms with Crippen LogP contribution in [-0.4, -0.2) is 18.1 Å². The monoisotopic (exact) mass is 300 g/mol. The van der Waals surface area contributed by atoms with Crippen LogP contribution in [0.3, 0.4) is 0 Å². The number of methoxy groups -OCH3 is 1. The normalized spacial score (nSPS) is 10.1. The summed E-state index contributed by atoms with van der Waals surface area (Å²) >= 11 is 8.55. The molecule has 1 N–H and O–H groups in total. The molecule has 0 unspecified atom stereocenters. The lowest BCUT2D eigenvalue weighted by Gasteiger charge is -2.04. The number of aromatic nitrogens is 1. The van der Waals surface area contributed by atoms with E-state index < -0.39 is 0 Å². The molecule has 1 aromatic heterocycles. The van der Waals surface area contributed by atoms with Crippen molar-refractivity contribution in [2.75, 3.05) is 11.8 Å². The Balaban J connectivity index is 1.96. The van der Waals surface area contributed by atoms with Crippen LogP contribution in [-0.2, 0) is 4.74 Å². The van der Waals surface area contributed by atoms with Crippen molar-refractivity contribution in [1.82, 2.24) is 4.98 Å². The minimum atomic E-state index is -0.344. The van der Waals surface area contributed by atoms with Gasteiger partial charge in [0.15, 0.2) is 4.47 Å². The number of thiazole rings is 1. The highest BCUT2D eigenvalue weighted by molar-refractivity contribution is 8.02. The topological polar surface area (TPSA) is 51.2 Å². The van der Waals surface area contributed by atoms with E-state index >= 15 is 0 Å². The summed E-state index contributed by atoms with van der Waals surface area (Å²) in [6, 6.07) is 7.02. The fourth-order valence-corrected chi connectivity index (χ4v) is 2.99. The molecule has 0 saturated carbocycles. The van der Waals surface area contributed by atoms with Crippen molar-refractivity contribution in [2.24, 2.45) is 0 Å². The molecule has 0 spiro atoms. The van der Waals surface area contributed by atoms with E-state index in [0.717, 1.165) is 9.90 Å². The molecular formula is C11H9ClN2O2S2. The maximum Gasteiger partial charge on any atom is 0.337 e. The van der Waals surface area contributed by atoms with Crippen LogP contribution in [0.1, 0.15) is 10.4 Å². The predicted octanol–water partition coefficient (Wildman–Crippen LogP) is 3.70. The fourth-order valence-electron chi connectivity index (χ4n) is 1.19. The molecule has 94 valence electrons. The van der Waals surface area contributed by atoms with Gasteiger partial charge in [-0.05, 0) is 36.2 Å². The van der Waals surface area contributed by atoms with Gasteiger partial charge in [0.1, 0.15) is 4.21 Å². The van der Waals surface area contributed by atoms with E-state index in [2.05, 4.69) is 14.4 Å². The van der Waals surface area contributed by atoms with Crippen molar-refractivity contribution < 1.29 is 9.53 Å². The predicted molar refractivity (Wildman–Crippen MR) is 74.4 cm³/mol. The van der Waals surface area contributed by atoms with Crippen LogP contribution >= 0.6 is 34.9 Å². The maximum absolute atomic E-state index is 11.2. The van der Waals surface area contributed by atoms with Gasteiger partial charge >= 0.3 is 5.97 Å². The average Bonchev–Trinajstić information content (AvgIpc) is 2.82. The number of nitrogens with zero attached hydrogens (tertiary/aromatic N) is 1. The Morgan fingerprint density at radius 2 is 2.17 bits per heavy atom. The minimum Gasteiger partial charge on any atom is -0.465 e. The molecule has 0 aliphatic heterocycles. The summed E-state index contributed by atoms with van der Waals surface area (Å²) < 4.78 is 9.24. The lowest BCUT2D eigenvalue weighted by atomic mass is 10.2. The lowest BCUT2D eigenvalue weighted by molar-refractivity contribution is 0.0601. The summed E-state index contributed by atoms with van der Waals surface area (Å²) in [4.78, 5) is 15.2. The Kier molecular flexibility index (Phi) is 4.46. The molecule has 1 heterocycles. The molecule has 1 aromatic carbocycles. The van der Waals surface area contributed by atoms with E-state index in [4.69, 9.17) is 11.6 Å². The number of carbonyl (C=O) groups excluding carboxylic acids is 1. The molecule has 2 rings (SSSR count). The summed E-state index contributed by atoms with van der Waals surface area (Å²) in [5.74, 6) is -0.344. The summed E-state index contributed by atoms with van der Waals surface area (Å²) in [5.41, 5.74) is 1.41. The van der Waals surface area contributed by atoms with Gasteiger partial charge in [0.25, 0.3) is 0 Å². The minimum absolute atomic E-state index is 0.344. The van der Waals surface area contributed by atoms with Crippen LogP contribution in [0.5, 0.6) is 0 Å². The lowest BCUT2D eigenvalue weighted by Crippen LogP contribution is -2.00. The third-order valence-corrected chi connectivity index (χ3v) is 4.09. The average molecular weight is 301 g/mol. The Morgan fingerprint density at radius 3 is 2.72 bits per heavy atom. The molecule has 0 saturated heterocycles. The number of carbonyl (C=O) groups is 1. The zero-order valence-electron chi connectivity index (χ0n) is 9.34. The van der Waals surface area contributed by atoms with Crippen molar-refractivity contribution in [3.8, 4) is 0 Å². The van der Waals surface area contributed by atoms with Gasteiger partial charge in [0.05, 0.1) is 18.9 Å². The zero-order chi connectivity index (χ0) is 13.0. The third-order valence-electron chi connectivity index (χ3n) is 2.03. The summed E-state index contributed by atoms with van der Waals surface area (Å²) in [6.07, 6.45) is 1.70. The molecule has 0 radical (unpaired) electrons. The van der Waals surface area contributed by atoms with Crippen molar-refractivity contribution >= 4 is 46.5 Å². The number of nitrogens with one attached hydrogen (secondary N) is 1. The number of rotatable bonds is 4. The summed E-state index contributed by atoms with van der Waals surface area (Å²) in [5, 5.41) is 0. The van der Waals surface area contributed by atoms with Gasteiger partial charge in [0, 0.05) is 5.69 Å². The van der Waals surface area contributed by atoms with Crippen LogP contribution in [0.15, 0.2) is 34.7 Å². The van der Waals surface area contributed by atoms with Crippen LogP contribution < -0.4 is 4.72 Å². The Labute approximate surface area is 117 Å². The van der Waals surface area contributed by atoms with E-state index in [1.807, 2.05) is 12.1 Å². The van der Waals surface area contributed by atoms with Crippen LogP contribution in [0.4, 0.5) is 5.69 Å². The van der Waals surface area contributed by atoms with Gasteiger partial charge < -0.3 is 9.46 Å². The highest BCUT2D eigenvalue weighted by Crippen LogP contribution is 2.28. The molecule has 0 amide bonds. The third kappa shape index (κ3) is 3.38. The Bertz CT molecular complexity index is 542. The largest absolute Gasteiger partial charge is 0.465 e. The number of halogens is 1. The van der Waals surface area contributed by atoms with Gasteiger partial charge in [-0.1, -0.05) is 22.9 Å². The maximum atomic E-state index is 11.2. The van der Waals surface area contributed by atoms with Gasteiger partial charge in [-0.2, -0.15) is 0 Å². The molecule has 2 aromatic rings. The van der Waals surface area contributed by atoms with Gasteiger partial charge in [0.2, 0.25) is 0 Å². The Morgan fingerprint density at radius 1 is 1.44 bits per heavy atom. The SMILES string of the molecule is COC(=O)c1ccc(NSc2cnc(Cl)s2)cc1. The second kappa shape index (κ2) is 6.08. The molecule has 0 bridgehead atoms. The second-order valence-electron chi connectivity index (χ2n) is 3.21. The number of benzene rings is 1. The zero-order valence-corrected chi connectivity index (χ0v) is 11.7. The fraction of sp³-hybridized carbons (Fsp3) is 0.0909. The first kappa shape index (κ1) is 13.2. The van der Waals surface area contributed by atoms with Gasteiger partial charge in [-0.25, -0.2) is 9.78 Å². The first-order valence-corrected chi connectivity index (χ1v) is 6.92. The van der Waals surface area contributed by atoms with Crippen LogP contribution in [0.2, 0.25) is 4.47 Å². The van der Waals surface area contributed by atoms with Crippen LogP contribution in [0, 0.1) is 0 Å². The number of esters is 1. The van der Waals surface area contributed by atoms with Crippen molar-refractivity contribution in [3.63, 3.8) is 0 Å². The molecule has 18 heavy (non-hydrogen) atoms. The van der Waals surface area contributed by atoms with E-state index in [0.29, 0.717) is 10.0 Å². The number of anilines is 1. The summed E-state index contributed by atoms with van der Waals surface area (Å²) in [7, 11) is 1.36. The second-order valence-corrected chi connectivity index (χ2v) is 5.92. The highest BCUT2D eigenvalue weighted by atomic mass is 35.5. The Hall–Kier alpha value is -1.24. The molecule has 0 aliphatic rings. The highest BCUT2D eigenvalue weighted by Gasteiger charge is 2.05. The van der Waals surface area contributed by atoms with Gasteiger partial charge in [-0.3, -0.25) is 0 Å². The first-order valence-electron chi connectivity index (χ1n) is 4.91.